The van der Waals surface area contributed by atoms with E-state index in [0.29, 0.717) is 0 Å². The molecule has 0 atom stereocenters. The van der Waals surface area contributed by atoms with Crippen LogP contribution in [0.3, 0.4) is 0 Å². The molecule has 0 saturated carbocycles. The number of phenols is 4. The fourth-order valence-corrected chi connectivity index (χ4v) is 4.54. The van der Waals surface area contributed by atoms with Gasteiger partial charge >= 0.3 is 0 Å². The molecule has 188 valence electrons. The van der Waals surface area contributed by atoms with Crippen molar-refractivity contribution in [3.05, 3.63) is 119 Å². The maximum atomic E-state index is 9.43. The predicted molar refractivity (Wildman–Crippen MR) is 146 cm³/mol. The van der Waals surface area contributed by atoms with Crippen molar-refractivity contribution in [3.8, 4) is 23.0 Å². The molecule has 0 unspecified atom stereocenters. The summed E-state index contributed by atoms with van der Waals surface area (Å²) in [6.45, 7) is 8.60. The molecule has 0 aromatic heterocycles. The normalized spacial score (nSPS) is 11.4. The molecule has 0 aliphatic rings. The van der Waals surface area contributed by atoms with Gasteiger partial charge in [0.1, 0.15) is 23.0 Å². The zero-order valence-electron chi connectivity index (χ0n) is 21.4. The van der Waals surface area contributed by atoms with Gasteiger partial charge < -0.3 is 20.4 Å². The highest BCUT2D eigenvalue weighted by atomic mass is 16.3. The van der Waals surface area contributed by atoms with E-state index in [0.717, 1.165) is 24.0 Å². The highest BCUT2D eigenvalue weighted by molar-refractivity contribution is 5.43. The van der Waals surface area contributed by atoms with Crippen LogP contribution in [-0.2, 0) is 10.8 Å². The Balaban J connectivity index is 0.000000202. The van der Waals surface area contributed by atoms with Gasteiger partial charge in [-0.3, -0.25) is 0 Å². The van der Waals surface area contributed by atoms with E-state index in [1.807, 2.05) is 48.5 Å². The first-order valence-corrected chi connectivity index (χ1v) is 12.2. The fraction of sp³-hybridized carbons (Fsp3) is 0.250. The van der Waals surface area contributed by atoms with Crippen LogP contribution in [0.25, 0.3) is 0 Å². The zero-order chi connectivity index (χ0) is 26.3. The lowest BCUT2D eigenvalue weighted by Crippen LogP contribution is -2.23. The van der Waals surface area contributed by atoms with Crippen molar-refractivity contribution in [2.75, 3.05) is 0 Å². The van der Waals surface area contributed by atoms with Crippen molar-refractivity contribution in [1.82, 2.24) is 0 Å². The van der Waals surface area contributed by atoms with Crippen LogP contribution in [0.1, 0.15) is 62.8 Å². The molecule has 4 rings (SSSR count). The van der Waals surface area contributed by atoms with Gasteiger partial charge in [-0.2, -0.15) is 0 Å². The second kappa shape index (κ2) is 11.2. The summed E-state index contributed by atoms with van der Waals surface area (Å²) < 4.78 is 0. The Kier molecular flexibility index (Phi) is 8.31. The van der Waals surface area contributed by atoms with Gasteiger partial charge in [0.15, 0.2) is 0 Å². The summed E-state index contributed by atoms with van der Waals surface area (Å²) in [7, 11) is 0. The lowest BCUT2D eigenvalue weighted by atomic mass is 9.73. The van der Waals surface area contributed by atoms with Crippen molar-refractivity contribution in [1.29, 1.82) is 0 Å². The monoisotopic (exact) mass is 484 g/mol. The van der Waals surface area contributed by atoms with Crippen molar-refractivity contribution < 1.29 is 20.4 Å². The van der Waals surface area contributed by atoms with Gasteiger partial charge in [0.05, 0.1) is 0 Å². The topological polar surface area (TPSA) is 80.9 Å². The van der Waals surface area contributed by atoms with Gasteiger partial charge in [0.2, 0.25) is 0 Å². The molecule has 4 aromatic carbocycles. The summed E-state index contributed by atoms with van der Waals surface area (Å²) in [5, 5.41) is 37.4. The van der Waals surface area contributed by atoms with Crippen molar-refractivity contribution in [3.63, 3.8) is 0 Å². The molecular weight excluding hydrogens is 448 g/mol. The van der Waals surface area contributed by atoms with Crippen LogP contribution >= 0.6 is 0 Å². The third-order valence-electron chi connectivity index (χ3n) is 6.94. The average molecular weight is 485 g/mol. The van der Waals surface area contributed by atoms with E-state index in [1.54, 1.807) is 48.5 Å². The first-order valence-electron chi connectivity index (χ1n) is 12.2. The molecule has 4 N–H and O–H groups in total. The van der Waals surface area contributed by atoms with Gasteiger partial charge in [-0.15, -0.1) is 0 Å². The number of phenolic OH excluding ortho intramolecular Hbond substituents is 4. The van der Waals surface area contributed by atoms with E-state index in [-0.39, 0.29) is 33.8 Å². The Labute approximate surface area is 214 Å². The second-order valence-electron chi connectivity index (χ2n) is 9.89. The van der Waals surface area contributed by atoms with Crippen LogP contribution < -0.4 is 0 Å². The minimum absolute atomic E-state index is 0.101. The quantitative estimate of drug-likeness (QED) is 0.227. The summed E-state index contributed by atoms with van der Waals surface area (Å²) in [6, 6.07) is 29.2. The standard InChI is InChI=1S/C17H20O2.C15H16O2/c1-3-12-17(2,13-4-8-15(18)9-5-13)14-6-10-16(19)11-7-14;1-15(2,11-3-7-13(16)8-4-11)12-5-9-14(17)10-6-12/h4-11,18-19H,3,12H2,1-2H3;3-10,16-17H,1-2H3. The molecular formula is C32H36O4. The third-order valence-corrected chi connectivity index (χ3v) is 6.94. The third kappa shape index (κ3) is 6.19. The maximum absolute atomic E-state index is 9.43. The zero-order valence-corrected chi connectivity index (χ0v) is 21.4. The summed E-state index contributed by atoms with van der Waals surface area (Å²) in [5.74, 6) is 1.12. The van der Waals surface area contributed by atoms with Crippen molar-refractivity contribution >= 4 is 0 Å². The molecule has 0 saturated heterocycles. The van der Waals surface area contributed by atoms with Gasteiger partial charge in [-0.1, -0.05) is 82.6 Å². The first-order chi connectivity index (χ1) is 17.1. The van der Waals surface area contributed by atoms with Gasteiger partial charge in [0.25, 0.3) is 0 Å². The Hall–Kier alpha value is -3.92. The Morgan fingerprint density at radius 3 is 0.944 bits per heavy atom. The minimum atomic E-state index is -0.151. The van der Waals surface area contributed by atoms with Gasteiger partial charge in [0, 0.05) is 10.8 Å². The molecule has 4 aromatic rings. The highest BCUT2D eigenvalue weighted by Crippen LogP contribution is 2.37. The van der Waals surface area contributed by atoms with Crippen LogP contribution in [-0.4, -0.2) is 20.4 Å². The van der Waals surface area contributed by atoms with Crippen LogP contribution in [0.15, 0.2) is 97.1 Å². The summed E-state index contributed by atoms with van der Waals surface area (Å²) >= 11 is 0. The van der Waals surface area contributed by atoms with E-state index in [4.69, 9.17) is 0 Å². The molecule has 0 fully saturated rings. The molecule has 0 aliphatic carbocycles. The molecule has 0 spiro atoms. The molecule has 0 aliphatic heterocycles. The Bertz CT molecular complexity index is 1130. The fourth-order valence-electron chi connectivity index (χ4n) is 4.54. The molecule has 0 radical (unpaired) electrons. The van der Waals surface area contributed by atoms with E-state index in [2.05, 4.69) is 27.7 Å². The lowest BCUT2D eigenvalue weighted by molar-refractivity contribution is 0.469. The van der Waals surface area contributed by atoms with Crippen molar-refractivity contribution in [2.45, 2.75) is 51.4 Å². The van der Waals surface area contributed by atoms with E-state index >= 15 is 0 Å². The number of hydrogen-bond donors (Lipinski definition) is 4. The van der Waals surface area contributed by atoms with Crippen LogP contribution in [0, 0.1) is 0 Å². The largest absolute Gasteiger partial charge is 0.508 e. The Morgan fingerprint density at radius 1 is 0.444 bits per heavy atom. The van der Waals surface area contributed by atoms with Gasteiger partial charge in [-0.25, -0.2) is 0 Å². The highest BCUT2D eigenvalue weighted by Gasteiger charge is 2.28. The Morgan fingerprint density at radius 2 is 0.694 bits per heavy atom. The summed E-state index contributed by atoms with van der Waals surface area (Å²) in [5.41, 5.74) is 4.36. The van der Waals surface area contributed by atoms with E-state index in [1.165, 1.54) is 11.1 Å². The van der Waals surface area contributed by atoms with Crippen molar-refractivity contribution in [2.24, 2.45) is 0 Å². The number of aromatic hydroxyl groups is 4. The smallest absolute Gasteiger partial charge is 0.115 e. The van der Waals surface area contributed by atoms with E-state index in [9.17, 15) is 20.4 Å². The summed E-state index contributed by atoms with van der Waals surface area (Å²) in [6.07, 6.45) is 2.08. The molecule has 36 heavy (non-hydrogen) atoms. The molecule has 4 nitrogen and oxygen atoms in total. The molecule has 0 heterocycles. The number of rotatable bonds is 6. The molecule has 0 amide bonds. The second-order valence-corrected chi connectivity index (χ2v) is 9.89. The maximum Gasteiger partial charge on any atom is 0.115 e. The molecule has 4 heteroatoms. The van der Waals surface area contributed by atoms with Gasteiger partial charge in [-0.05, 0) is 77.2 Å². The van der Waals surface area contributed by atoms with E-state index < -0.39 is 0 Å². The SMILES string of the molecule is CC(C)(c1ccc(O)cc1)c1ccc(O)cc1.CCCC(C)(c1ccc(O)cc1)c1ccc(O)cc1. The van der Waals surface area contributed by atoms with Crippen LogP contribution in [0.5, 0.6) is 23.0 Å². The molecule has 0 bridgehead atoms. The first kappa shape index (κ1) is 26.7. The minimum Gasteiger partial charge on any atom is -0.508 e. The number of hydrogen-bond acceptors (Lipinski definition) is 4. The number of benzene rings is 4. The predicted octanol–water partition coefficient (Wildman–Crippen LogP) is 7.63. The van der Waals surface area contributed by atoms with Crippen LogP contribution in [0.2, 0.25) is 0 Å². The average Bonchev–Trinajstić information content (AvgIpc) is 2.86. The lowest BCUT2D eigenvalue weighted by Gasteiger charge is -2.31. The summed E-state index contributed by atoms with van der Waals surface area (Å²) in [4.78, 5) is 0. The van der Waals surface area contributed by atoms with Crippen LogP contribution in [0.4, 0.5) is 0 Å².